The van der Waals surface area contributed by atoms with E-state index in [1.54, 1.807) is 12.1 Å². The van der Waals surface area contributed by atoms with Crippen molar-refractivity contribution < 1.29 is 28.7 Å². The SMILES string of the molecule is CC1OB(c2ccc(COC(=O)Nc3ccc4nc(C5=NC(C(=O)O)CS5)sc4c3)cc2)OC1(C)C. The first kappa shape index (κ1) is 24.8. The summed E-state index contributed by atoms with van der Waals surface area (Å²) in [6, 6.07) is 12.2. The van der Waals surface area contributed by atoms with Crippen LogP contribution in [0.25, 0.3) is 10.2 Å². The average Bonchev–Trinajstić information content (AvgIpc) is 3.55. The van der Waals surface area contributed by atoms with Crippen molar-refractivity contribution in [1.82, 2.24) is 4.98 Å². The number of anilines is 1. The zero-order valence-electron chi connectivity index (χ0n) is 19.9. The van der Waals surface area contributed by atoms with Gasteiger partial charge in [-0.1, -0.05) is 24.3 Å². The quantitative estimate of drug-likeness (QED) is 0.465. The molecular formula is C24H24BN3O6S2. The van der Waals surface area contributed by atoms with Crippen LogP contribution in [0.5, 0.6) is 0 Å². The number of thiazole rings is 1. The maximum Gasteiger partial charge on any atom is 0.494 e. The summed E-state index contributed by atoms with van der Waals surface area (Å²) in [5.41, 5.74) is 2.75. The minimum Gasteiger partial charge on any atom is -0.480 e. The molecule has 0 aliphatic carbocycles. The van der Waals surface area contributed by atoms with E-state index in [1.807, 2.05) is 51.1 Å². The van der Waals surface area contributed by atoms with E-state index in [1.165, 1.54) is 23.1 Å². The number of rotatable bonds is 6. The molecule has 5 rings (SSSR count). The molecule has 2 aromatic carbocycles. The lowest BCUT2D eigenvalue weighted by Gasteiger charge is -2.21. The molecule has 1 fully saturated rings. The molecule has 3 heterocycles. The van der Waals surface area contributed by atoms with Crippen molar-refractivity contribution in [3.05, 3.63) is 53.0 Å². The Labute approximate surface area is 216 Å². The van der Waals surface area contributed by atoms with E-state index in [-0.39, 0.29) is 18.3 Å². The lowest BCUT2D eigenvalue weighted by molar-refractivity contribution is -0.137. The topological polar surface area (TPSA) is 119 Å². The predicted molar refractivity (Wildman–Crippen MR) is 141 cm³/mol. The zero-order chi connectivity index (χ0) is 25.4. The molecule has 1 aromatic heterocycles. The van der Waals surface area contributed by atoms with Crippen LogP contribution < -0.4 is 10.8 Å². The first-order valence-corrected chi connectivity index (χ1v) is 13.2. The monoisotopic (exact) mass is 525 g/mol. The van der Waals surface area contributed by atoms with E-state index in [0.29, 0.717) is 21.5 Å². The Hall–Kier alpha value is -2.93. The molecule has 1 amide bonds. The fourth-order valence-corrected chi connectivity index (χ4v) is 5.78. The molecular weight excluding hydrogens is 501 g/mol. The van der Waals surface area contributed by atoms with Gasteiger partial charge in [0.15, 0.2) is 6.04 Å². The van der Waals surface area contributed by atoms with Crippen molar-refractivity contribution in [2.75, 3.05) is 11.1 Å². The Morgan fingerprint density at radius 1 is 1.25 bits per heavy atom. The van der Waals surface area contributed by atoms with Crippen LogP contribution in [0.1, 0.15) is 31.3 Å². The molecule has 2 N–H and O–H groups in total. The molecule has 0 spiro atoms. The number of nitrogens with zero attached hydrogens (tertiary/aromatic N) is 2. The highest BCUT2D eigenvalue weighted by atomic mass is 32.2. The third-order valence-corrected chi connectivity index (χ3v) is 8.30. The number of nitrogens with one attached hydrogen (secondary N) is 1. The molecule has 2 aliphatic heterocycles. The zero-order valence-corrected chi connectivity index (χ0v) is 21.5. The second-order valence-electron chi connectivity index (χ2n) is 9.08. The van der Waals surface area contributed by atoms with Crippen LogP contribution >= 0.6 is 23.1 Å². The summed E-state index contributed by atoms with van der Waals surface area (Å²) < 4.78 is 18.1. The number of carboxylic acids is 1. The number of thioether (sulfide) groups is 1. The number of benzene rings is 2. The van der Waals surface area contributed by atoms with Crippen LogP contribution in [-0.4, -0.2) is 57.8 Å². The van der Waals surface area contributed by atoms with E-state index in [9.17, 15) is 9.59 Å². The fourth-order valence-electron chi connectivity index (χ4n) is 3.68. The van der Waals surface area contributed by atoms with E-state index in [2.05, 4.69) is 15.3 Å². The molecule has 3 aromatic rings. The largest absolute Gasteiger partial charge is 0.494 e. The van der Waals surface area contributed by atoms with Crippen molar-refractivity contribution in [2.24, 2.45) is 4.99 Å². The molecule has 1 saturated heterocycles. The highest BCUT2D eigenvalue weighted by Crippen LogP contribution is 2.31. The lowest BCUT2D eigenvalue weighted by atomic mass is 9.79. The van der Waals surface area contributed by atoms with Crippen LogP contribution in [0, 0.1) is 0 Å². The van der Waals surface area contributed by atoms with Gasteiger partial charge in [0.05, 0.1) is 21.9 Å². The van der Waals surface area contributed by atoms with Crippen molar-refractivity contribution in [3.8, 4) is 0 Å². The number of aliphatic carboxylic acids is 1. The number of hydrogen-bond acceptors (Lipinski definition) is 9. The summed E-state index contributed by atoms with van der Waals surface area (Å²) in [6.07, 6.45) is -0.578. The second-order valence-corrected chi connectivity index (χ2v) is 11.1. The molecule has 12 heteroatoms. The number of aromatic nitrogens is 1. The number of carbonyl (C=O) groups excluding carboxylic acids is 1. The van der Waals surface area contributed by atoms with Gasteiger partial charge in [-0.2, -0.15) is 0 Å². The van der Waals surface area contributed by atoms with Gasteiger partial charge in [0.2, 0.25) is 0 Å². The molecule has 186 valence electrons. The van der Waals surface area contributed by atoms with Crippen LogP contribution in [0.15, 0.2) is 47.5 Å². The Morgan fingerprint density at radius 2 is 2.03 bits per heavy atom. The minimum atomic E-state index is -0.935. The van der Waals surface area contributed by atoms with E-state index in [0.717, 1.165) is 21.2 Å². The normalized spacial score (nSPS) is 21.0. The van der Waals surface area contributed by atoms with Gasteiger partial charge in [-0.15, -0.1) is 23.1 Å². The molecule has 0 radical (unpaired) electrons. The highest BCUT2D eigenvalue weighted by molar-refractivity contribution is 8.15. The van der Waals surface area contributed by atoms with E-state index >= 15 is 0 Å². The number of ether oxygens (including phenoxy) is 1. The summed E-state index contributed by atoms with van der Waals surface area (Å²) in [7, 11) is -0.409. The van der Waals surface area contributed by atoms with Gasteiger partial charge in [0, 0.05) is 11.4 Å². The van der Waals surface area contributed by atoms with Crippen molar-refractivity contribution in [3.63, 3.8) is 0 Å². The average molecular weight is 525 g/mol. The fraction of sp³-hybridized carbons (Fsp3) is 0.333. The maximum atomic E-state index is 12.4. The molecule has 2 atom stereocenters. The first-order chi connectivity index (χ1) is 17.2. The van der Waals surface area contributed by atoms with E-state index in [4.69, 9.17) is 19.2 Å². The highest BCUT2D eigenvalue weighted by Gasteiger charge is 2.43. The van der Waals surface area contributed by atoms with Crippen LogP contribution in [0.3, 0.4) is 0 Å². The Morgan fingerprint density at radius 3 is 2.69 bits per heavy atom. The van der Waals surface area contributed by atoms with Gasteiger partial charge >= 0.3 is 19.2 Å². The number of fused-ring (bicyclic) bond motifs is 1. The van der Waals surface area contributed by atoms with Gasteiger partial charge in [0.1, 0.15) is 16.7 Å². The summed E-state index contributed by atoms with van der Waals surface area (Å²) >= 11 is 2.79. The predicted octanol–water partition coefficient (Wildman–Crippen LogP) is 3.90. The van der Waals surface area contributed by atoms with Crippen molar-refractivity contribution in [1.29, 1.82) is 0 Å². The molecule has 2 aliphatic rings. The van der Waals surface area contributed by atoms with Crippen LogP contribution in [0.2, 0.25) is 0 Å². The first-order valence-electron chi connectivity index (χ1n) is 11.4. The molecule has 0 bridgehead atoms. The standard InChI is InChI=1S/C24H24BN3O6S2/c1-13-24(2,3)34-25(33-13)15-6-4-14(5-7-15)11-32-23(31)26-16-8-9-17-19(10-16)36-21(27-17)20-28-18(12-35-20)22(29)30/h4-10,13,18H,11-12H2,1-3H3,(H,26,31)(H,29,30). The number of amides is 1. The van der Waals surface area contributed by atoms with Crippen LogP contribution in [-0.2, 0) is 25.4 Å². The van der Waals surface area contributed by atoms with E-state index < -0.39 is 25.2 Å². The number of aliphatic imine (C=N–C) groups is 1. The Kier molecular flexibility index (Phi) is 6.77. The summed E-state index contributed by atoms with van der Waals surface area (Å²) in [6.45, 7) is 6.12. The summed E-state index contributed by atoms with van der Waals surface area (Å²) in [4.78, 5) is 32.3. The maximum absolute atomic E-state index is 12.4. The Bertz CT molecular complexity index is 1340. The van der Waals surface area contributed by atoms with Gasteiger partial charge in [0.25, 0.3) is 0 Å². The molecule has 9 nitrogen and oxygen atoms in total. The number of hydrogen-bond donors (Lipinski definition) is 2. The number of carboxylic acid groups (broad SMARTS) is 1. The smallest absolute Gasteiger partial charge is 0.480 e. The molecule has 2 unspecified atom stereocenters. The Balaban J connectivity index is 1.17. The van der Waals surface area contributed by atoms with Gasteiger partial charge in [-0.05, 0) is 50.0 Å². The van der Waals surface area contributed by atoms with Gasteiger partial charge in [-0.3, -0.25) is 10.3 Å². The third-order valence-electron chi connectivity index (χ3n) is 6.09. The summed E-state index contributed by atoms with van der Waals surface area (Å²) in [5.74, 6) is -0.531. The van der Waals surface area contributed by atoms with Crippen molar-refractivity contribution >= 4 is 68.7 Å². The lowest BCUT2D eigenvalue weighted by Crippen LogP contribution is -2.34. The summed E-state index contributed by atoms with van der Waals surface area (Å²) in [5, 5.41) is 13.2. The van der Waals surface area contributed by atoms with Crippen molar-refractivity contribution in [2.45, 2.75) is 45.1 Å². The minimum absolute atomic E-state index is 0.00961. The second kappa shape index (κ2) is 9.85. The number of carbonyl (C=O) groups is 2. The van der Waals surface area contributed by atoms with Crippen LogP contribution in [0.4, 0.5) is 10.5 Å². The van der Waals surface area contributed by atoms with Gasteiger partial charge in [-0.25, -0.2) is 14.6 Å². The van der Waals surface area contributed by atoms with Gasteiger partial charge < -0.3 is 19.2 Å². The molecule has 0 saturated carbocycles. The molecule has 36 heavy (non-hydrogen) atoms. The third kappa shape index (κ3) is 5.26.